The fourth-order valence-corrected chi connectivity index (χ4v) is 4.26. The van der Waals surface area contributed by atoms with Crippen molar-refractivity contribution in [3.63, 3.8) is 0 Å². The van der Waals surface area contributed by atoms with Crippen LogP contribution in [0.3, 0.4) is 0 Å². The lowest BCUT2D eigenvalue weighted by atomic mass is 9.83. The van der Waals surface area contributed by atoms with Gasteiger partial charge in [-0.2, -0.15) is 0 Å². The number of anilines is 1. The number of hydrogen-bond acceptors (Lipinski definition) is 5. The standard InChI is InChI=1S/C21H27N5O/c27-21-11-19(17-4-5-17)24-14-26(21)12-15-6-8-25(9-7-15)20-10-18(22-13-23-20)16-2-1-3-16/h10-11,13-17H,1-9,12H2. The summed E-state index contributed by atoms with van der Waals surface area (Å²) in [6.07, 6.45) is 11.9. The summed E-state index contributed by atoms with van der Waals surface area (Å²) in [6.45, 7) is 2.77. The van der Waals surface area contributed by atoms with Crippen LogP contribution in [0.2, 0.25) is 0 Å². The van der Waals surface area contributed by atoms with Gasteiger partial charge in [-0.1, -0.05) is 6.42 Å². The molecular weight excluding hydrogens is 338 g/mol. The first kappa shape index (κ1) is 16.9. The van der Waals surface area contributed by atoms with Crippen molar-refractivity contribution in [2.45, 2.75) is 63.3 Å². The van der Waals surface area contributed by atoms with Crippen LogP contribution in [0.25, 0.3) is 0 Å². The lowest BCUT2D eigenvalue weighted by Crippen LogP contribution is -2.37. The second-order valence-corrected chi connectivity index (χ2v) is 8.44. The molecule has 2 aromatic heterocycles. The van der Waals surface area contributed by atoms with Crippen molar-refractivity contribution in [3.05, 3.63) is 46.5 Å². The van der Waals surface area contributed by atoms with E-state index in [9.17, 15) is 4.79 Å². The second-order valence-electron chi connectivity index (χ2n) is 8.44. The van der Waals surface area contributed by atoms with Crippen molar-refractivity contribution >= 4 is 5.82 Å². The fourth-order valence-electron chi connectivity index (χ4n) is 4.26. The first-order chi connectivity index (χ1) is 13.3. The highest BCUT2D eigenvalue weighted by atomic mass is 16.1. The Morgan fingerprint density at radius 2 is 1.63 bits per heavy atom. The summed E-state index contributed by atoms with van der Waals surface area (Å²) in [7, 11) is 0. The number of hydrogen-bond donors (Lipinski definition) is 0. The quantitative estimate of drug-likeness (QED) is 0.815. The van der Waals surface area contributed by atoms with Crippen molar-refractivity contribution in [1.82, 2.24) is 19.5 Å². The average Bonchev–Trinajstić information content (AvgIpc) is 3.48. The van der Waals surface area contributed by atoms with Crippen molar-refractivity contribution in [2.24, 2.45) is 5.92 Å². The van der Waals surface area contributed by atoms with Gasteiger partial charge in [-0.25, -0.2) is 15.0 Å². The van der Waals surface area contributed by atoms with Gasteiger partial charge < -0.3 is 4.90 Å². The van der Waals surface area contributed by atoms with E-state index in [2.05, 4.69) is 25.9 Å². The van der Waals surface area contributed by atoms with E-state index in [0.29, 0.717) is 17.8 Å². The van der Waals surface area contributed by atoms with Gasteiger partial charge in [0, 0.05) is 49.3 Å². The smallest absolute Gasteiger partial charge is 0.253 e. The molecule has 27 heavy (non-hydrogen) atoms. The Hall–Kier alpha value is -2.24. The largest absolute Gasteiger partial charge is 0.356 e. The van der Waals surface area contributed by atoms with Crippen LogP contribution in [0.1, 0.15) is 68.2 Å². The summed E-state index contributed by atoms with van der Waals surface area (Å²) in [5.74, 6) is 2.77. The number of nitrogens with zero attached hydrogens (tertiary/aromatic N) is 5. The Labute approximate surface area is 159 Å². The van der Waals surface area contributed by atoms with Crippen molar-refractivity contribution in [1.29, 1.82) is 0 Å². The van der Waals surface area contributed by atoms with Gasteiger partial charge in [0.1, 0.15) is 12.1 Å². The van der Waals surface area contributed by atoms with Crippen LogP contribution in [-0.2, 0) is 6.54 Å². The van der Waals surface area contributed by atoms with Gasteiger partial charge in [-0.05, 0) is 44.4 Å². The van der Waals surface area contributed by atoms with E-state index < -0.39 is 0 Å². The zero-order chi connectivity index (χ0) is 18.2. The highest BCUT2D eigenvalue weighted by Crippen LogP contribution is 2.38. The minimum absolute atomic E-state index is 0.107. The molecule has 0 amide bonds. The Kier molecular flexibility index (Phi) is 4.42. The summed E-state index contributed by atoms with van der Waals surface area (Å²) in [4.78, 5) is 28.2. The maximum absolute atomic E-state index is 12.4. The Morgan fingerprint density at radius 3 is 2.30 bits per heavy atom. The maximum Gasteiger partial charge on any atom is 0.253 e. The first-order valence-corrected chi connectivity index (χ1v) is 10.4. The molecule has 6 heteroatoms. The van der Waals surface area contributed by atoms with E-state index in [4.69, 9.17) is 0 Å². The predicted molar refractivity (Wildman–Crippen MR) is 104 cm³/mol. The van der Waals surface area contributed by atoms with Gasteiger partial charge in [-0.3, -0.25) is 9.36 Å². The molecule has 0 spiro atoms. The molecule has 142 valence electrons. The topological polar surface area (TPSA) is 63.9 Å². The Morgan fingerprint density at radius 1 is 0.889 bits per heavy atom. The predicted octanol–water partition coefficient (Wildman–Crippen LogP) is 3.09. The molecule has 0 aromatic carbocycles. The molecule has 3 heterocycles. The molecule has 1 aliphatic heterocycles. The minimum Gasteiger partial charge on any atom is -0.356 e. The third-order valence-electron chi connectivity index (χ3n) is 6.49. The molecule has 0 N–H and O–H groups in total. The van der Waals surface area contributed by atoms with Crippen LogP contribution >= 0.6 is 0 Å². The van der Waals surface area contributed by atoms with Crippen LogP contribution in [0.4, 0.5) is 5.82 Å². The van der Waals surface area contributed by atoms with Gasteiger partial charge in [-0.15, -0.1) is 0 Å². The summed E-state index contributed by atoms with van der Waals surface area (Å²) in [6, 6.07) is 3.94. The lowest BCUT2D eigenvalue weighted by molar-refractivity contribution is 0.349. The normalized spacial score (nSPS) is 21.3. The molecule has 2 aliphatic carbocycles. The molecule has 0 unspecified atom stereocenters. The molecule has 1 saturated heterocycles. The SMILES string of the molecule is O=c1cc(C2CC2)ncn1CC1CCN(c2cc(C3CCC3)ncn2)CC1. The van der Waals surface area contributed by atoms with Gasteiger partial charge in [0.05, 0.1) is 12.0 Å². The molecule has 2 saturated carbocycles. The third-order valence-corrected chi connectivity index (χ3v) is 6.49. The first-order valence-electron chi connectivity index (χ1n) is 10.4. The number of piperidine rings is 1. The van der Waals surface area contributed by atoms with Crippen LogP contribution in [0.15, 0.2) is 29.6 Å². The molecule has 5 rings (SSSR count). The zero-order valence-corrected chi connectivity index (χ0v) is 15.8. The van der Waals surface area contributed by atoms with Crippen molar-refractivity contribution < 1.29 is 0 Å². The van der Waals surface area contributed by atoms with E-state index in [1.54, 1.807) is 23.3 Å². The molecule has 2 aromatic rings. The van der Waals surface area contributed by atoms with Crippen molar-refractivity contribution in [3.8, 4) is 0 Å². The molecular formula is C21H27N5O. The molecule has 0 bridgehead atoms. The highest BCUT2D eigenvalue weighted by Gasteiger charge is 2.26. The van der Waals surface area contributed by atoms with E-state index >= 15 is 0 Å². The van der Waals surface area contributed by atoms with Crippen LogP contribution in [-0.4, -0.2) is 32.6 Å². The Balaban J connectivity index is 1.20. The molecule has 6 nitrogen and oxygen atoms in total. The Bertz CT molecular complexity index is 863. The summed E-state index contributed by atoms with van der Waals surface area (Å²) in [5, 5.41) is 0. The van der Waals surface area contributed by atoms with E-state index in [0.717, 1.165) is 44.0 Å². The molecule has 0 radical (unpaired) electrons. The number of rotatable bonds is 5. The second kappa shape index (κ2) is 7.06. The average molecular weight is 365 g/mol. The maximum atomic E-state index is 12.4. The monoisotopic (exact) mass is 365 g/mol. The number of aromatic nitrogens is 4. The van der Waals surface area contributed by atoms with E-state index in [-0.39, 0.29) is 5.56 Å². The molecule has 0 atom stereocenters. The van der Waals surface area contributed by atoms with Gasteiger partial charge >= 0.3 is 0 Å². The zero-order valence-electron chi connectivity index (χ0n) is 15.8. The van der Waals surface area contributed by atoms with Crippen molar-refractivity contribution in [2.75, 3.05) is 18.0 Å². The summed E-state index contributed by atoms with van der Waals surface area (Å²) in [5.41, 5.74) is 2.30. The molecule has 3 aliphatic rings. The third kappa shape index (κ3) is 3.62. The minimum atomic E-state index is 0.107. The van der Waals surface area contributed by atoms with E-state index in [1.165, 1.54) is 37.8 Å². The van der Waals surface area contributed by atoms with E-state index in [1.807, 2.05) is 0 Å². The summed E-state index contributed by atoms with van der Waals surface area (Å²) < 4.78 is 1.80. The van der Waals surface area contributed by atoms with Crippen LogP contribution in [0.5, 0.6) is 0 Å². The van der Waals surface area contributed by atoms with Gasteiger partial charge in [0.25, 0.3) is 5.56 Å². The summed E-state index contributed by atoms with van der Waals surface area (Å²) >= 11 is 0. The van der Waals surface area contributed by atoms with Gasteiger partial charge in [0.2, 0.25) is 0 Å². The van der Waals surface area contributed by atoms with Gasteiger partial charge in [0.15, 0.2) is 0 Å². The van der Waals surface area contributed by atoms with Crippen LogP contribution < -0.4 is 10.5 Å². The molecule has 3 fully saturated rings. The highest BCUT2D eigenvalue weighted by molar-refractivity contribution is 5.40. The van der Waals surface area contributed by atoms with Crippen LogP contribution in [0, 0.1) is 5.92 Å². The fraction of sp³-hybridized carbons (Fsp3) is 0.619. The lowest BCUT2D eigenvalue weighted by Gasteiger charge is -2.33.